The molecule has 0 fully saturated rings. The minimum atomic E-state index is -0.513. The summed E-state index contributed by atoms with van der Waals surface area (Å²) in [6.07, 6.45) is 0.108. The summed E-state index contributed by atoms with van der Waals surface area (Å²) in [6, 6.07) is 10.9. The van der Waals surface area contributed by atoms with Gasteiger partial charge < -0.3 is 9.84 Å². The quantitative estimate of drug-likeness (QED) is 0.652. The van der Waals surface area contributed by atoms with Crippen molar-refractivity contribution in [2.45, 2.75) is 19.4 Å². The predicted octanol–water partition coefficient (Wildman–Crippen LogP) is 4.48. The van der Waals surface area contributed by atoms with Gasteiger partial charge in [-0.15, -0.1) is 0 Å². The number of ether oxygens (including phenoxy) is 1. The number of nitro benzene ring substituents is 1. The average molecular weight is 308 g/mol. The van der Waals surface area contributed by atoms with Crippen molar-refractivity contribution in [3.63, 3.8) is 0 Å². The Morgan fingerprint density at radius 1 is 1.29 bits per heavy atom. The molecule has 0 radical (unpaired) electrons. The largest absolute Gasteiger partial charge is 0.456 e. The van der Waals surface area contributed by atoms with E-state index in [4.69, 9.17) is 16.3 Å². The summed E-state index contributed by atoms with van der Waals surface area (Å²) in [4.78, 5) is 10.2. The van der Waals surface area contributed by atoms with Gasteiger partial charge in [-0.05, 0) is 30.2 Å². The summed E-state index contributed by atoms with van der Waals surface area (Å²) >= 11 is 5.97. The lowest BCUT2D eigenvalue weighted by molar-refractivity contribution is -0.384. The maximum Gasteiger partial charge on any atom is 0.273 e. The molecule has 1 atom stereocenters. The highest BCUT2D eigenvalue weighted by atomic mass is 35.5. The molecular weight excluding hydrogens is 294 g/mol. The predicted molar refractivity (Wildman–Crippen MR) is 79.9 cm³/mol. The molecule has 6 heteroatoms. The fraction of sp³-hybridized carbons (Fsp3) is 0.200. The van der Waals surface area contributed by atoms with Gasteiger partial charge in [-0.2, -0.15) is 0 Å². The molecule has 0 aliphatic rings. The highest BCUT2D eigenvalue weighted by Gasteiger charge is 2.12. The molecule has 0 saturated heterocycles. The van der Waals surface area contributed by atoms with Crippen molar-refractivity contribution in [3.8, 4) is 11.5 Å². The van der Waals surface area contributed by atoms with Crippen LogP contribution in [-0.4, -0.2) is 10.0 Å². The molecule has 2 aromatic rings. The van der Waals surface area contributed by atoms with E-state index in [0.29, 0.717) is 17.2 Å². The standard InChI is InChI=1S/C15H14ClNO4/c1-2-14(18)10-3-6-12(7-4-10)21-15-9-11(17(19)20)5-8-13(15)16/h3-9,14,18H,2H2,1H3/t14-/m1/s1. The van der Waals surface area contributed by atoms with Crippen molar-refractivity contribution in [1.82, 2.24) is 0 Å². The Labute approximate surface area is 126 Å². The van der Waals surface area contributed by atoms with Crippen LogP contribution in [0.25, 0.3) is 0 Å². The van der Waals surface area contributed by atoms with Crippen LogP contribution in [0.5, 0.6) is 11.5 Å². The van der Waals surface area contributed by atoms with E-state index in [1.54, 1.807) is 24.3 Å². The third-order valence-electron chi connectivity index (χ3n) is 3.00. The lowest BCUT2D eigenvalue weighted by Crippen LogP contribution is -1.95. The van der Waals surface area contributed by atoms with Crippen molar-refractivity contribution in [2.75, 3.05) is 0 Å². The highest BCUT2D eigenvalue weighted by molar-refractivity contribution is 6.32. The van der Waals surface area contributed by atoms with Gasteiger partial charge >= 0.3 is 0 Å². The molecule has 1 N–H and O–H groups in total. The van der Waals surface area contributed by atoms with Crippen molar-refractivity contribution in [3.05, 3.63) is 63.2 Å². The zero-order chi connectivity index (χ0) is 15.4. The van der Waals surface area contributed by atoms with Crippen LogP contribution in [0.1, 0.15) is 25.0 Å². The van der Waals surface area contributed by atoms with Gasteiger partial charge in [-0.25, -0.2) is 0 Å². The molecule has 0 amide bonds. The van der Waals surface area contributed by atoms with Crippen LogP contribution in [0.4, 0.5) is 5.69 Å². The Hall–Kier alpha value is -2.11. The summed E-state index contributed by atoms with van der Waals surface area (Å²) in [6.45, 7) is 1.89. The number of aliphatic hydroxyl groups excluding tert-OH is 1. The topological polar surface area (TPSA) is 72.6 Å². The molecule has 0 aliphatic carbocycles. The Bertz CT molecular complexity index is 643. The van der Waals surface area contributed by atoms with Crippen molar-refractivity contribution in [2.24, 2.45) is 0 Å². The van der Waals surface area contributed by atoms with E-state index in [9.17, 15) is 15.2 Å². The molecule has 5 nitrogen and oxygen atoms in total. The second-order valence-corrected chi connectivity index (χ2v) is 4.87. The summed E-state index contributed by atoms with van der Waals surface area (Å²) in [5.41, 5.74) is 0.697. The second kappa shape index (κ2) is 6.56. The van der Waals surface area contributed by atoms with Crippen LogP contribution in [0.3, 0.4) is 0 Å². The van der Waals surface area contributed by atoms with Crippen LogP contribution in [0, 0.1) is 10.1 Å². The molecule has 0 unspecified atom stereocenters. The van der Waals surface area contributed by atoms with Gasteiger partial charge in [0.1, 0.15) is 5.75 Å². The normalized spacial score (nSPS) is 12.0. The first kappa shape index (κ1) is 15.3. The maximum absolute atomic E-state index is 10.7. The Kier molecular flexibility index (Phi) is 4.77. The van der Waals surface area contributed by atoms with E-state index >= 15 is 0 Å². The first-order valence-corrected chi connectivity index (χ1v) is 6.79. The smallest absolute Gasteiger partial charge is 0.273 e. The van der Waals surface area contributed by atoms with E-state index in [2.05, 4.69) is 0 Å². The number of benzene rings is 2. The third-order valence-corrected chi connectivity index (χ3v) is 3.32. The molecule has 0 saturated carbocycles. The van der Waals surface area contributed by atoms with Gasteiger partial charge in [0.05, 0.1) is 22.1 Å². The number of non-ortho nitro benzene ring substituents is 1. The number of nitrogens with zero attached hydrogens (tertiary/aromatic N) is 1. The van der Waals surface area contributed by atoms with Gasteiger partial charge in [-0.1, -0.05) is 30.7 Å². The van der Waals surface area contributed by atoms with Crippen molar-refractivity contribution in [1.29, 1.82) is 0 Å². The maximum atomic E-state index is 10.7. The van der Waals surface area contributed by atoms with E-state index in [0.717, 1.165) is 5.56 Å². The zero-order valence-electron chi connectivity index (χ0n) is 11.3. The molecule has 0 heterocycles. The summed E-state index contributed by atoms with van der Waals surface area (Å²) < 4.78 is 5.55. The molecule has 2 rings (SSSR count). The van der Waals surface area contributed by atoms with E-state index in [-0.39, 0.29) is 11.4 Å². The minimum absolute atomic E-state index is 0.0903. The van der Waals surface area contributed by atoms with E-state index in [1.807, 2.05) is 6.92 Å². The fourth-order valence-corrected chi connectivity index (χ4v) is 1.96. The first-order chi connectivity index (χ1) is 10.0. The van der Waals surface area contributed by atoms with Crippen LogP contribution >= 0.6 is 11.6 Å². The molecule has 0 bridgehead atoms. The summed E-state index contributed by atoms with van der Waals surface area (Å²) in [7, 11) is 0. The SMILES string of the molecule is CC[C@@H](O)c1ccc(Oc2cc([N+](=O)[O-])ccc2Cl)cc1. The van der Waals surface area contributed by atoms with Gasteiger partial charge in [0, 0.05) is 6.07 Å². The van der Waals surface area contributed by atoms with Crippen molar-refractivity contribution < 1.29 is 14.8 Å². The van der Waals surface area contributed by atoms with E-state index < -0.39 is 11.0 Å². The van der Waals surface area contributed by atoms with E-state index in [1.165, 1.54) is 18.2 Å². The van der Waals surface area contributed by atoms with Crippen molar-refractivity contribution >= 4 is 17.3 Å². The van der Waals surface area contributed by atoms with Crippen LogP contribution in [0.15, 0.2) is 42.5 Å². The lowest BCUT2D eigenvalue weighted by atomic mass is 10.1. The Balaban J connectivity index is 2.22. The third kappa shape index (κ3) is 3.71. The summed E-state index contributed by atoms with van der Waals surface area (Å²) in [5, 5.41) is 20.8. The molecule has 110 valence electrons. The number of nitro groups is 1. The first-order valence-electron chi connectivity index (χ1n) is 6.41. The molecule has 2 aromatic carbocycles. The van der Waals surface area contributed by atoms with Gasteiger partial charge in [-0.3, -0.25) is 10.1 Å². The van der Waals surface area contributed by atoms with Crippen LogP contribution < -0.4 is 4.74 Å². The summed E-state index contributed by atoms with van der Waals surface area (Å²) in [5.74, 6) is 0.708. The number of rotatable bonds is 5. The molecule has 0 spiro atoms. The number of aliphatic hydroxyl groups is 1. The Morgan fingerprint density at radius 3 is 2.52 bits per heavy atom. The number of halogens is 1. The molecule has 0 aliphatic heterocycles. The van der Waals surface area contributed by atoms with Gasteiger partial charge in [0.2, 0.25) is 0 Å². The lowest BCUT2D eigenvalue weighted by Gasteiger charge is -2.10. The monoisotopic (exact) mass is 307 g/mol. The van der Waals surface area contributed by atoms with Crippen LogP contribution in [0.2, 0.25) is 5.02 Å². The minimum Gasteiger partial charge on any atom is -0.456 e. The van der Waals surface area contributed by atoms with Crippen LogP contribution in [-0.2, 0) is 0 Å². The fourth-order valence-electron chi connectivity index (χ4n) is 1.80. The second-order valence-electron chi connectivity index (χ2n) is 4.47. The number of hydrogen-bond donors (Lipinski definition) is 1. The molecule has 0 aromatic heterocycles. The molecular formula is C15H14ClNO4. The zero-order valence-corrected chi connectivity index (χ0v) is 12.1. The number of hydrogen-bond acceptors (Lipinski definition) is 4. The Morgan fingerprint density at radius 2 is 1.95 bits per heavy atom. The molecule has 21 heavy (non-hydrogen) atoms. The average Bonchev–Trinajstić information content (AvgIpc) is 2.49. The highest BCUT2D eigenvalue weighted by Crippen LogP contribution is 2.33. The van der Waals surface area contributed by atoms with Gasteiger partial charge in [0.15, 0.2) is 5.75 Å². The van der Waals surface area contributed by atoms with Gasteiger partial charge in [0.25, 0.3) is 5.69 Å².